The van der Waals surface area contributed by atoms with E-state index in [0.717, 1.165) is 12.8 Å². The predicted octanol–water partition coefficient (Wildman–Crippen LogP) is 2.93. The summed E-state index contributed by atoms with van der Waals surface area (Å²) in [7, 11) is -3.60. The Morgan fingerprint density at radius 2 is 1.67 bits per heavy atom. The molecular formula is C15H23ClN2O2S. The van der Waals surface area contributed by atoms with Crippen molar-refractivity contribution in [3.8, 4) is 0 Å². The van der Waals surface area contributed by atoms with Gasteiger partial charge in [0, 0.05) is 17.1 Å². The van der Waals surface area contributed by atoms with Crippen LogP contribution in [0.2, 0.25) is 5.02 Å². The maximum absolute atomic E-state index is 12.5. The highest BCUT2D eigenvalue weighted by atomic mass is 35.5. The highest BCUT2D eigenvalue weighted by Gasteiger charge is 2.39. The monoisotopic (exact) mass is 330 g/mol. The molecule has 1 fully saturated rings. The quantitative estimate of drug-likeness (QED) is 0.896. The van der Waals surface area contributed by atoms with Gasteiger partial charge in [-0.3, -0.25) is 0 Å². The first-order valence-corrected chi connectivity index (χ1v) is 8.93. The Hall–Kier alpha value is -0.620. The van der Waals surface area contributed by atoms with Crippen LogP contribution in [0, 0.1) is 0 Å². The average Bonchev–Trinajstić information content (AvgIpc) is 2.23. The van der Waals surface area contributed by atoms with Gasteiger partial charge >= 0.3 is 0 Å². The highest BCUT2D eigenvalue weighted by Crippen LogP contribution is 2.30. The maximum Gasteiger partial charge on any atom is 0.242 e. The van der Waals surface area contributed by atoms with E-state index in [1.807, 2.05) is 0 Å². The van der Waals surface area contributed by atoms with Gasteiger partial charge in [-0.15, -0.1) is 0 Å². The second-order valence-corrected chi connectivity index (χ2v) is 9.14. The van der Waals surface area contributed by atoms with Gasteiger partial charge in [0.05, 0.1) is 5.02 Å². The molecule has 1 aliphatic heterocycles. The molecule has 118 valence electrons. The van der Waals surface area contributed by atoms with Crippen LogP contribution in [-0.4, -0.2) is 25.5 Å². The molecule has 0 aliphatic carbocycles. The van der Waals surface area contributed by atoms with Crippen LogP contribution in [0.5, 0.6) is 0 Å². The number of piperidine rings is 1. The van der Waals surface area contributed by atoms with Crippen molar-refractivity contribution >= 4 is 21.6 Å². The molecular weight excluding hydrogens is 308 g/mol. The molecule has 0 aromatic heterocycles. The van der Waals surface area contributed by atoms with Crippen LogP contribution in [0.3, 0.4) is 0 Å². The zero-order valence-electron chi connectivity index (χ0n) is 12.9. The Bertz CT molecular complexity index is 610. The second-order valence-electron chi connectivity index (χ2n) is 7.05. The first-order chi connectivity index (χ1) is 9.51. The molecule has 1 aromatic carbocycles. The summed E-state index contributed by atoms with van der Waals surface area (Å²) in [6, 6.07) is 6.40. The van der Waals surface area contributed by atoms with Gasteiger partial charge in [0.15, 0.2) is 0 Å². The third kappa shape index (κ3) is 4.19. The summed E-state index contributed by atoms with van der Waals surface area (Å²) < 4.78 is 27.9. The fourth-order valence-corrected chi connectivity index (χ4v) is 5.11. The third-order valence-corrected chi connectivity index (χ3v) is 5.66. The molecule has 0 saturated carbocycles. The van der Waals surface area contributed by atoms with E-state index in [9.17, 15) is 8.42 Å². The van der Waals surface area contributed by atoms with Gasteiger partial charge in [-0.05, 0) is 52.7 Å². The van der Waals surface area contributed by atoms with E-state index >= 15 is 0 Å². The summed E-state index contributed by atoms with van der Waals surface area (Å²) in [4.78, 5) is 0.140. The van der Waals surface area contributed by atoms with Crippen molar-refractivity contribution < 1.29 is 8.42 Å². The molecule has 0 amide bonds. The van der Waals surface area contributed by atoms with Crippen LogP contribution in [0.4, 0.5) is 0 Å². The van der Waals surface area contributed by atoms with Crippen molar-refractivity contribution in [1.29, 1.82) is 0 Å². The van der Waals surface area contributed by atoms with Gasteiger partial charge in [-0.1, -0.05) is 23.7 Å². The molecule has 1 heterocycles. The lowest BCUT2D eigenvalue weighted by molar-refractivity contribution is 0.157. The molecule has 6 heteroatoms. The fourth-order valence-electron chi connectivity index (χ4n) is 3.35. The van der Waals surface area contributed by atoms with Gasteiger partial charge in [0.1, 0.15) is 4.90 Å². The van der Waals surface area contributed by atoms with Crippen LogP contribution in [-0.2, 0) is 10.0 Å². The Morgan fingerprint density at radius 1 is 1.14 bits per heavy atom. The van der Waals surface area contributed by atoms with E-state index in [0.29, 0.717) is 0 Å². The first kappa shape index (κ1) is 16.7. The molecule has 0 radical (unpaired) electrons. The summed E-state index contributed by atoms with van der Waals surface area (Å²) in [6.45, 7) is 8.35. The van der Waals surface area contributed by atoms with Crippen molar-refractivity contribution in [1.82, 2.24) is 10.0 Å². The molecule has 1 aliphatic rings. The van der Waals surface area contributed by atoms with E-state index < -0.39 is 10.0 Å². The summed E-state index contributed by atoms with van der Waals surface area (Å²) in [5.74, 6) is 0. The van der Waals surface area contributed by atoms with Crippen LogP contribution in [0.15, 0.2) is 29.2 Å². The van der Waals surface area contributed by atoms with Crippen molar-refractivity contribution in [2.75, 3.05) is 0 Å². The molecule has 1 aromatic rings. The second kappa shape index (κ2) is 5.54. The molecule has 0 bridgehead atoms. The summed E-state index contributed by atoms with van der Waals surface area (Å²) in [5, 5.41) is 3.79. The first-order valence-electron chi connectivity index (χ1n) is 7.07. The number of hydrogen-bond donors (Lipinski definition) is 2. The number of rotatable bonds is 3. The SMILES string of the molecule is CC1(C)CC(NS(=O)(=O)c2ccccc2Cl)CC(C)(C)N1. The van der Waals surface area contributed by atoms with Crippen LogP contribution < -0.4 is 10.0 Å². The Labute approximate surface area is 132 Å². The molecule has 21 heavy (non-hydrogen) atoms. The maximum atomic E-state index is 12.5. The van der Waals surface area contributed by atoms with Crippen molar-refractivity contribution in [2.45, 2.75) is 62.6 Å². The van der Waals surface area contributed by atoms with Crippen molar-refractivity contribution in [3.63, 3.8) is 0 Å². The Morgan fingerprint density at radius 3 is 2.19 bits per heavy atom. The Kier molecular flexibility index (Phi) is 4.42. The topological polar surface area (TPSA) is 58.2 Å². The average molecular weight is 331 g/mol. The predicted molar refractivity (Wildman–Crippen MR) is 86.1 cm³/mol. The molecule has 0 atom stereocenters. The van der Waals surface area contributed by atoms with E-state index in [1.54, 1.807) is 18.2 Å². The number of sulfonamides is 1. The minimum absolute atomic E-state index is 0.113. The van der Waals surface area contributed by atoms with Crippen LogP contribution >= 0.6 is 11.6 Å². The lowest BCUT2D eigenvalue weighted by Gasteiger charge is -2.46. The van der Waals surface area contributed by atoms with Gasteiger partial charge in [0.25, 0.3) is 0 Å². The van der Waals surface area contributed by atoms with E-state index in [4.69, 9.17) is 11.6 Å². The highest BCUT2D eigenvalue weighted by molar-refractivity contribution is 7.89. The smallest absolute Gasteiger partial charge is 0.242 e. The Balaban J connectivity index is 2.23. The fraction of sp³-hybridized carbons (Fsp3) is 0.600. The molecule has 4 nitrogen and oxygen atoms in total. The largest absolute Gasteiger partial charge is 0.307 e. The summed E-state index contributed by atoms with van der Waals surface area (Å²) in [6.07, 6.45) is 1.47. The molecule has 0 spiro atoms. The van der Waals surface area contributed by atoms with Gasteiger partial charge in [-0.25, -0.2) is 13.1 Å². The number of halogens is 1. The zero-order valence-corrected chi connectivity index (χ0v) is 14.5. The normalized spacial score (nSPS) is 22.1. The summed E-state index contributed by atoms with van der Waals surface area (Å²) in [5.41, 5.74) is -0.231. The third-order valence-electron chi connectivity index (χ3n) is 3.64. The zero-order chi connectivity index (χ0) is 15.9. The number of benzene rings is 1. The molecule has 0 unspecified atom stereocenters. The lowest BCUT2D eigenvalue weighted by atomic mass is 9.80. The van der Waals surface area contributed by atoms with Crippen molar-refractivity contribution in [2.24, 2.45) is 0 Å². The number of nitrogens with one attached hydrogen (secondary N) is 2. The summed E-state index contributed by atoms with van der Waals surface area (Å²) >= 11 is 6.01. The van der Waals surface area contributed by atoms with Gasteiger partial charge in [-0.2, -0.15) is 0 Å². The molecule has 2 rings (SSSR count). The van der Waals surface area contributed by atoms with Crippen LogP contribution in [0.25, 0.3) is 0 Å². The minimum atomic E-state index is -3.60. The van der Waals surface area contributed by atoms with Gasteiger partial charge < -0.3 is 5.32 Å². The minimum Gasteiger partial charge on any atom is -0.307 e. The van der Waals surface area contributed by atoms with E-state index in [1.165, 1.54) is 6.07 Å². The van der Waals surface area contributed by atoms with Crippen LogP contribution in [0.1, 0.15) is 40.5 Å². The molecule has 2 N–H and O–H groups in total. The number of hydrogen-bond acceptors (Lipinski definition) is 3. The van der Waals surface area contributed by atoms with Crippen molar-refractivity contribution in [3.05, 3.63) is 29.3 Å². The van der Waals surface area contributed by atoms with E-state index in [2.05, 4.69) is 37.7 Å². The van der Waals surface area contributed by atoms with Gasteiger partial charge in [0.2, 0.25) is 10.0 Å². The standard InChI is InChI=1S/C15H23ClN2O2S/c1-14(2)9-11(10-15(3,4)18-14)17-21(19,20)13-8-6-5-7-12(13)16/h5-8,11,17-18H,9-10H2,1-4H3. The molecule has 1 saturated heterocycles. The lowest BCUT2D eigenvalue weighted by Crippen LogP contribution is -2.62. The van der Waals surface area contributed by atoms with E-state index in [-0.39, 0.29) is 27.0 Å².